The third kappa shape index (κ3) is 33.9. The molecule has 104 heavy (non-hydrogen) atoms. The molecule has 0 bridgehead atoms. The Balaban J connectivity index is 0.000000573. The van der Waals surface area contributed by atoms with Gasteiger partial charge in [0.15, 0.2) is 0 Å². The standard InChI is InChI=1S/C12H18.C11H16.3C10H14.3C9H12.3C8H10/c1-7-8(2)10(4)12(6)11(5)9(7)3;1-7-6-8(2)10(4)11(5)9(7)3;1-7-5-9(3)10(4)6-8(7)2;2*1-7-5-8(2)10(4)9(3)6-7;1-7-4-8(2)6-9(3)5-7;1-7-4-5-8(2)9(3)6-7;1-7-5-4-6-8(2)9(7)3;1-7-3-5-8(2)6-4-7;1-7-4-3-5-8(2)6-7;1-7-5-3-4-6-8(7)2/h1-6H3;6H,1-5H3;3*5-6H,1-4H3;3*4-6H,1-3H3;3*3-6H,1-2H3. The van der Waals surface area contributed by atoms with Gasteiger partial charge in [-0.05, 0) is 419 Å². The van der Waals surface area contributed by atoms with E-state index in [-0.39, 0.29) is 0 Å². The minimum absolute atomic E-state index is 1.33. The molecule has 0 heterocycles. The summed E-state index contributed by atoms with van der Waals surface area (Å²) < 4.78 is 0. The van der Waals surface area contributed by atoms with E-state index in [1.54, 1.807) is 0 Å². The van der Waals surface area contributed by atoms with Crippen LogP contribution in [0.1, 0.15) is 211 Å². The van der Waals surface area contributed by atoms with E-state index in [0.29, 0.717) is 0 Å². The summed E-state index contributed by atoms with van der Waals surface area (Å²) in [5.41, 5.74) is 53.0. The molecular formula is C104H142. The topological polar surface area (TPSA) is 0 Å². The molecule has 558 valence electrons. The Morgan fingerprint density at radius 3 is 0.529 bits per heavy atom. The van der Waals surface area contributed by atoms with Crippen molar-refractivity contribution in [2.24, 2.45) is 0 Å². The molecule has 0 saturated carbocycles. The Morgan fingerprint density at radius 1 is 0.0962 bits per heavy atom. The maximum absolute atomic E-state index is 2.26. The Labute approximate surface area is 640 Å². The van der Waals surface area contributed by atoms with Crippen LogP contribution in [0.3, 0.4) is 0 Å². The molecule has 0 saturated heterocycles. The van der Waals surface area contributed by atoms with E-state index in [1.807, 2.05) is 0 Å². The van der Waals surface area contributed by atoms with Crippen LogP contribution in [0.2, 0.25) is 0 Å². The van der Waals surface area contributed by atoms with Gasteiger partial charge in [-0.25, -0.2) is 0 Å². The second-order valence-electron chi connectivity index (χ2n) is 30.4. The average Bonchev–Trinajstić information content (AvgIpc) is 0.812. The zero-order chi connectivity index (χ0) is 79.7. The molecule has 0 fully saturated rings. The number of hydrogen-bond donors (Lipinski definition) is 0. The highest BCUT2D eigenvalue weighted by molar-refractivity contribution is 5.49. The minimum atomic E-state index is 1.33. The van der Waals surface area contributed by atoms with Crippen LogP contribution in [-0.2, 0) is 0 Å². The van der Waals surface area contributed by atoms with E-state index in [2.05, 4.69) is 433 Å². The summed E-state index contributed by atoms with van der Waals surface area (Å²) in [5.74, 6) is 0. The van der Waals surface area contributed by atoms with Crippen LogP contribution in [-0.4, -0.2) is 0 Å². The van der Waals surface area contributed by atoms with E-state index in [4.69, 9.17) is 0 Å². The van der Waals surface area contributed by atoms with Crippen LogP contribution >= 0.6 is 0 Å². The molecule has 0 aromatic heterocycles. The molecule has 11 aromatic carbocycles. The van der Waals surface area contributed by atoms with Gasteiger partial charge in [0.05, 0.1) is 0 Å². The first-order valence-corrected chi connectivity index (χ1v) is 37.7. The Hall–Kier alpha value is -8.58. The number of benzene rings is 11. The lowest BCUT2D eigenvalue weighted by Crippen LogP contribution is -1.98. The fourth-order valence-electron chi connectivity index (χ4n) is 11.8. The summed E-state index contributed by atoms with van der Waals surface area (Å²) in [5, 5.41) is 0. The highest BCUT2D eigenvalue weighted by Gasteiger charge is 2.08. The molecule has 0 nitrogen and oxygen atoms in total. The second kappa shape index (κ2) is 46.3. The lowest BCUT2D eigenvalue weighted by molar-refractivity contribution is 1.13. The van der Waals surface area contributed by atoms with Gasteiger partial charge < -0.3 is 0 Å². The maximum Gasteiger partial charge on any atom is -0.0392 e. The number of aryl methyl sites for hydroxylation is 26. The van der Waals surface area contributed by atoms with E-state index >= 15 is 0 Å². The number of rotatable bonds is 0. The Morgan fingerprint density at radius 2 is 0.279 bits per heavy atom. The van der Waals surface area contributed by atoms with Gasteiger partial charge in [-0.3, -0.25) is 0 Å². The lowest BCUT2D eigenvalue weighted by Gasteiger charge is -2.15. The molecule has 0 radical (unpaired) electrons. The van der Waals surface area contributed by atoms with E-state index in [1.165, 1.54) is 211 Å². The van der Waals surface area contributed by atoms with Crippen molar-refractivity contribution in [2.75, 3.05) is 0 Å². The predicted molar refractivity (Wildman–Crippen MR) is 471 cm³/mol. The molecule has 11 aromatic rings. The van der Waals surface area contributed by atoms with Crippen molar-refractivity contribution in [1.82, 2.24) is 0 Å². The molecule has 11 rings (SSSR count). The minimum Gasteiger partial charge on any atom is -0.0620 e. The monoisotopic (exact) mass is 1390 g/mol. The zero-order valence-corrected chi connectivity index (χ0v) is 73.2. The SMILES string of the molecule is Cc1c(C)c(C)c(C)c(C)c1C.Cc1cc(C)c(C)c(C)c1.Cc1cc(C)c(C)c(C)c1.Cc1cc(C)c(C)c(C)c1C.Cc1cc(C)c(C)cc1C.Cc1cc(C)cc(C)c1.Cc1ccc(C)c(C)c1.Cc1ccc(C)cc1.Cc1cccc(C)c1.Cc1cccc(C)c1C.Cc1ccccc1C. The van der Waals surface area contributed by atoms with Gasteiger partial charge in [0.2, 0.25) is 0 Å². The van der Waals surface area contributed by atoms with Gasteiger partial charge in [-0.2, -0.15) is 0 Å². The first-order valence-electron chi connectivity index (χ1n) is 37.7. The summed E-state index contributed by atoms with van der Waals surface area (Å²) in [4.78, 5) is 0. The van der Waals surface area contributed by atoms with Crippen molar-refractivity contribution in [3.05, 3.63) is 381 Å². The van der Waals surface area contributed by atoms with Crippen LogP contribution in [0.5, 0.6) is 0 Å². The molecule has 0 unspecified atom stereocenters. The van der Waals surface area contributed by atoms with E-state index in [9.17, 15) is 0 Å². The molecule has 0 spiro atoms. The van der Waals surface area contributed by atoms with Crippen LogP contribution in [0, 0.1) is 263 Å². The van der Waals surface area contributed by atoms with Crippen LogP contribution in [0.25, 0.3) is 0 Å². The summed E-state index contributed by atoms with van der Waals surface area (Å²) in [6.45, 7) is 81.9. The molecule has 0 amide bonds. The Kier molecular flexibility index (Phi) is 41.6. The third-order valence-electron chi connectivity index (χ3n) is 21.1. The van der Waals surface area contributed by atoms with Gasteiger partial charge in [0.1, 0.15) is 0 Å². The summed E-state index contributed by atoms with van der Waals surface area (Å²) >= 11 is 0. The van der Waals surface area contributed by atoms with E-state index < -0.39 is 0 Å². The summed E-state index contributed by atoms with van der Waals surface area (Å²) in [6, 6.07) is 60.4. The Bertz CT molecular complexity index is 4060. The van der Waals surface area contributed by atoms with Crippen LogP contribution < -0.4 is 0 Å². The smallest absolute Gasteiger partial charge is 0.0392 e. The second-order valence-corrected chi connectivity index (χ2v) is 30.4. The van der Waals surface area contributed by atoms with Crippen molar-refractivity contribution in [3.63, 3.8) is 0 Å². The fourth-order valence-corrected chi connectivity index (χ4v) is 11.8. The van der Waals surface area contributed by atoms with E-state index in [0.717, 1.165) is 0 Å². The largest absolute Gasteiger partial charge is 0.0620 e. The number of hydrogen-bond acceptors (Lipinski definition) is 0. The van der Waals surface area contributed by atoms with Crippen molar-refractivity contribution in [1.29, 1.82) is 0 Å². The highest BCUT2D eigenvalue weighted by atomic mass is 14.1. The molecular weight excluding hydrogens is 1250 g/mol. The normalized spacial score (nSPS) is 9.83. The van der Waals surface area contributed by atoms with Crippen molar-refractivity contribution >= 4 is 0 Å². The van der Waals surface area contributed by atoms with Crippen molar-refractivity contribution in [3.8, 4) is 0 Å². The highest BCUT2D eigenvalue weighted by Crippen LogP contribution is 2.26. The molecule has 0 aliphatic rings. The fraction of sp³-hybridized carbons (Fsp3) is 0.365. The lowest BCUT2D eigenvalue weighted by atomic mass is 9.90. The maximum atomic E-state index is 2.26. The van der Waals surface area contributed by atoms with Gasteiger partial charge in [-0.1, -0.05) is 225 Å². The molecule has 0 heteroatoms. The quantitative estimate of drug-likeness (QED) is 0.142. The van der Waals surface area contributed by atoms with Gasteiger partial charge in [-0.15, -0.1) is 0 Å². The molecule has 0 aliphatic heterocycles. The molecule has 0 N–H and O–H groups in total. The van der Waals surface area contributed by atoms with Gasteiger partial charge in [0, 0.05) is 0 Å². The van der Waals surface area contributed by atoms with Gasteiger partial charge in [0.25, 0.3) is 0 Å². The zero-order valence-electron chi connectivity index (χ0n) is 73.2. The molecule has 0 aliphatic carbocycles. The van der Waals surface area contributed by atoms with Gasteiger partial charge >= 0.3 is 0 Å². The molecule has 0 atom stereocenters. The first-order chi connectivity index (χ1) is 48.3. The average molecular weight is 1390 g/mol. The summed E-state index contributed by atoms with van der Waals surface area (Å²) in [6.07, 6.45) is 0. The third-order valence-corrected chi connectivity index (χ3v) is 21.1. The van der Waals surface area contributed by atoms with Crippen LogP contribution in [0.15, 0.2) is 170 Å². The first kappa shape index (κ1) is 93.4. The van der Waals surface area contributed by atoms with Crippen LogP contribution in [0.4, 0.5) is 0 Å². The summed E-state index contributed by atoms with van der Waals surface area (Å²) in [7, 11) is 0. The van der Waals surface area contributed by atoms with Crippen molar-refractivity contribution in [2.45, 2.75) is 263 Å². The predicted octanol–water partition coefficient (Wildman–Crippen LogP) is 30.3. The van der Waals surface area contributed by atoms with Crippen molar-refractivity contribution < 1.29 is 0 Å².